The first-order valence-corrected chi connectivity index (χ1v) is 6.43. The molecule has 4 nitrogen and oxygen atoms in total. The Bertz CT molecular complexity index is 613. The molecule has 0 bridgehead atoms. The second-order valence-corrected chi connectivity index (χ2v) is 5.69. The molecule has 1 heterocycles. The first kappa shape index (κ1) is 14.1. The lowest BCUT2D eigenvalue weighted by atomic mass is 10.0. The fourth-order valence-electron chi connectivity index (χ4n) is 1.85. The van der Waals surface area contributed by atoms with Crippen LogP contribution in [0.15, 0.2) is 42.6 Å². The van der Waals surface area contributed by atoms with Crippen molar-refractivity contribution < 1.29 is 9.90 Å². The molecule has 0 aliphatic rings. The summed E-state index contributed by atoms with van der Waals surface area (Å²) in [5.41, 5.74) is 1.98. The zero-order valence-electron chi connectivity index (χ0n) is 11.8. The van der Waals surface area contributed by atoms with Gasteiger partial charge in [-0.05, 0) is 50.6 Å². The van der Waals surface area contributed by atoms with Gasteiger partial charge in [-0.25, -0.2) is 9.78 Å². The van der Waals surface area contributed by atoms with Gasteiger partial charge in [0.25, 0.3) is 0 Å². The molecule has 0 amide bonds. The minimum Gasteiger partial charge on any atom is -0.478 e. The number of carboxylic acids is 1. The van der Waals surface area contributed by atoms with Crippen molar-refractivity contribution in [2.24, 2.45) is 0 Å². The van der Waals surface area contributed by atoms with Crippen LogP contribution in [-0.2, 0) is 0 Å². The number of rotatable bonds is 3. The molecule has 0 radical (unpaired) electrons. The van der Waals surface area contributed by atoms with Crippen LogP contribution < -0.4 is 5.32 Å². The van der Waals surface area contributed by atoms with E-state index in [-0.39, 0.29) is 11.1 Å². The third-order valence-electron chi connectivity index (χ3n) is 2.71. The van der Waals surface area contributed by atoms with E-state index in [1.54, 1.807) is 24.4 Å². The molecule has 0 unspecified atom stereocenters. The number of carbonyl (C=O) groups is 1. The van der Waals surface area contributed by atoms with Gasteiger partial charge >= 0.3 is 5.97 Å². The van der Waals surface area contributed by atoms with Gasteiger partial charge < -0.3 is 10.4 Å². The molecule has 0 aliphatic heterocycles. The fraction of sp³-hybridized carbons (Fsp3) is 0.250. The molecule has 20 heavy (non-hydrogen) atoms. The highest BCUT2D eigenvalue weighted by Gasteiger charge is 2.10. The van der Waals surface area contributed by atoms with Gasteiger partial charge in [-0.3, -0.25) is 0 Å². The van der Waals surface area contributed by atoms with Crippen LogP contribution in [0.2, 0.25) is 0 Å². The number of pyridine rings is 1. The summed E-state index contributed by atoms with van der Waals surface area (Å²) in [7, 11) is 0. The van der Waals surface area contributed by atoms with Gasteiger partial charge in [0, 0.05) is 17.3 Å². The number of nitrogens with one attached hydrogen (secondary N) is 1. The van der Waals surface area contributed by atoms with Gasteiger partial charge in [0.15, 0.2) is 0 Å². The first-order chi connectivity index (χ1) is 9.35. The van der Waals surface area contributed by atoms with E-state index in [2.05, 4.69) is 31.1 Å². The number of hydrogen-bond donors (Lipinski definition) is 2. The van der Waals surface area contributed by atoms with Crippen LogP contribution in [0.25, 0.3) is 11.1 Å². The highest BCUT2D eigenvalue weighted by Crippen LogP contribution is 2.21. The average molecular weight is 270 g/mol. The van der Waals surface area contributed by atoms with Crippen LogP contribution in [0.5, 0.6) is 0 Å². The molecule has 1 aromatic carbocycles. The molecule has 2 aromatic rings. The van der Waals surface area contributed by atoms with Crippen LogP contribution in [0.4, 0.5) is 5.82 Å². The molecule has 0 spiro atoms. The maximum Gasteiger partial charge on any atom is 0.335 e. The molecule has 0 atom stereocenters. The number of aromatic nitrogens is 1. The molecule has 0 saturated carbocycles. The van der Waals surface area contributed by atoms with Crippen LogP contribution in [-0.4, -0.2) is 21.6 Å². The fourth-order valence-corrected chi connectivity index (χ4v) is 1.85. The van der Waals surface area contributed by atoms with Gasteiger partial charge in [0.2, 0.25) is 0 Å². The minimum atomic E-state index is -0.925. The van der Waals surface area contributed by atoms with Crippen LogP contribution in [0.3, 0.4) is 0 Å². The van der Waals surface area contributed by atoms with Gasteiger partial charge in [-0.15, -0.1) is 0 Å². The summed E-state index contributed by atoms with van der Waals surface area (Å²) in [5, 5.41) is 12.3. The zero-order valence-corrected chi connectivity index (χ0v) is 11.8. The van der Waals surface area contributed by atoms with E-state index in [1.807, 2.05) is 18.2 Å². The lowest BCUT2D eigenvalue weighted by Gasteiger charge is -2.21. The predicted molar refractivity (Wildman–Crippen MR) is 80.0 cm³/mol. The summed E-state index contributed by atoms with van der Waals surface area (Å²) in [5.74, 6) is -0.124. The van der Waals surface area contributed by atoms with Gasteiger partial charge in [0.05, 0.1) is 5.56 Å². The topological polar surface area (TPSA) is 62.2 Å². The zero-order chi connectivity index (χ0) is 14.8. The molecule has 2 rings (SSSR count). The summed E-state index contributed by atoms with van der Waals surface area (Å²) < 4.78 is 0. The Morgan fingerprint density at radius 1 is 1.15 bits per heavy atom. The highest BCUT2D eigenvalue weighted by atomic mass is 16.4. The van der Waals surface area contributed by atoms with E-state index in [0.717, 1.165) is 16.9 Å². The summed E-state index contributed by atoms with van der Waals surface area (Å²) in [6, 6.07) is 10.7. The number of carboxylic acid groups (broad SMARTS) is 1. The number of aromatic carboxylic acids is 1. The van der Waals surface area contributed by atoms with Crippen molar-refractivity contribution in [1.82, 2.24) is 4.98 Å². The van der Waals surface area contributed by atoms with E-state index < -0.39 is 5.97 Å². The lowest BCUT2D eigenvalue weighted by Crippen LogP contribution is -2.26. The molecule has 2 N–H and O–H groups in total. The van der Waals surface area contributed by atoms with E-state index in [4.69, 9.17) is 5.11 Å². The SMILES string of the molecule is CC(C)(C)Nc1ccc(-c2cccc(C(=O)O)c2)cn1. The second kappa shape index (κ2) is 5.33. The van der Waals surface area contributed by atoms with Gasteiger partial charge in [-0.1, -0.05) is 12.1 Å². The average Bonchev–Trinajstić information content (AvgIpc) is 2.38. The van der Waals surface area contributed by atoms with Crippen molar-refractivity contribution in [3.05, 3.63) is 48.2 Å². The summed E-state index contributed by atoms with van der Waals surface area (Å²) >= 11 is 0. The Morgan fingerprint density at radius 3 is 2.45 bits per heavy atom. The third kappa shape index (κ3) is 3.57. The number of anilines is 1. The third-order valence-corrected chi connectivity index (χ3v) is 2.71. The summed E-state index contributed by atoms with van der Waals surface area (Å²) in [6.45, 7) is 6.21. The number of benzene rings is 1. The Labute approximate surface area is 118 Å². The van der Waals surface area contributed by atoms with Crippen LogP contribution >= 0.6 is 0 Å². The van der Waals surface area contributed by atoms with Crippen LogP contribution in [0, 0.1) is 0 Å². The van der Waals surface area contributed by atoms with Crippen molar-refractivity contribution in [3.8, 4) is 11.1 Å². The smallest absolute Gasteiger partial charge is 0.335 e. The highest BCUT2D eigenvalue weighted by molar-refractivity contribution is 5.89. The molecule has 1 aromatic heterocycles. The van der Waals surface area contributed by atoms with Gasteiger partial charge in [0.1, 0.15) is 5.82 Å². The molecule has 4 heteroatoms. The van der Waals surface area contributed by atoms with Crippen molar-refractivity contribution in [2.45, 2.75) is 26.3 Å². The maximum absolute atomic E-state index is 11.0. The monoisotopic (exact) mass is 270 g/mol. The number of hydrogen-bond acceptors (Lipinski definition) is 3. The molecule has 0 saturated heterocycles. The Balaban J connectivity index is 2.26. The summed E-state index contributed by atoms with van der Waals surface area (Å²) in [4.78, 5) is 15.3. The normalized spacial score (nSPS) is 11.2. The maximum atomic E-state index is 11.0. The quantitative estimate of drug-likeness (QED) is 0.893. The molecule has 0 fully saturated rings. The van der Waals surface area contributed by atoms with Gasteiger partial charge in [-0.2, -0.15) is 0 Å². The summed E-state index contributed by atoms with van der Waals surface area (Å²) in [6.07, 6.45) is 1.75. The van der Waals surface area contributed by atoms with Crippen molar-refractivity contribution in [3.63, 3.8) is 0 Å². The van der Waals surface area contributed by atoms with Crippen LogP contribution in [0.1, 0.15) is 31.1 Å². The van der Waals surface area contributed by atoms with E-state index in [9.17, 15) is 4.79 Å². The van der Waals surface area contributed by atoms with Crippen molar-refractivity contribution in [1.29, 1.82) is 0 Å². The molecule has 104 valence electrons. The Kier molecular flexibility index (Phi) is 3.74. The molecule has 0 aliphatic carbocycles. The first-order valence-electron chi connectivity index (χ1n) is 6.43. The molecular formula is C16H18N2O2. The Morgan fingerprint density at radius 2 is 1.90 bits per heavy atom. The van der Waals surface area contributed by atoms with E-state index >= 15 is 0 Å². The standard InChI is InChI=1S/C16H18N2O2/c1-16(2,3)18-14-8-7-13(10-17-14)11-5-4-6-12(9-11)15(19)20/h4-10H,1-3H3,(H,17,18)(H,19,20). The number of nitrogens with zero attached hydrogens (tertiary/aromatic N) is 1. The second-order valence-electron chi connectivity index (χ2n) is 5.69. The van der Waals surface area contributed by atoms with E-state index in [1.165, 1.54) is 0 Å². The Hall–Kier alpha value is -2.36. The minimum absolute atomic E-state index is 0.0439. The van der Waals surface area contributed by atoms with Crippen molar-refractivity contribution in [2.75, 3.05) is 5.32 Å². The molecular weight excluding hydrogens is 252 g/mol. The lowest BCUT2D eigenvalue weighted by molar-refractivity contribution is 0.0697. The largest absolute Gasteiger partial charge is 0.478 e. The van der Waals surface area contributed by atoms with E-state index in [0.29, 0.717) is 0 Å². The van der Waals surface area contributed by atoms with Crippen molar-refractivity contribution >= 4 is 11.8 Å². The predicted octanol–water partition coefficient (Wildman–Crippen LogP) is 3.66.